The van der Waals surface area contributed by atoms with Gasteiger partial charge in [-0.3, -0.25) is 9.59 Å². The lowest BCUT2D eigenvalue weighted by molar-refractivity contribution is 0.0944. The molecule has 2 aromatic rings. The average molecular weight is 339 g/mol. The number of aromatic amines is 1. The second kappa shape index (κ2) is 6.19. The predicted octanol–water partition coefficient (Wildman–Crippen LogP) is 1.65. The zero-order valence-electron chi connectivity index (χ0n) is 10.9. The number of hydrogen-bond donors (Lipinski definition) is 3. The zero-order valence-corrected chi connectivity index (χ0v) is 12.5. The lowest BCUT2D eigenvalue weighted by atomic mass is 10.1. The number of carbonyl (C=O) groups excluding carboxylic acids is 1. The number of rotatable bonds is 4. The van der Waals surface area contributed by atoms with Crippen LogP contribution >= 0.6 is 15.9 Å². The van der Waals surface area contributed by atoms with Gasteiger partial charge < -0.3 is 15.4 Å². The third kappa shape index (κ3) is 3.08. The largest absolute Gasteiger partial charge is 0.396 e. The van der Waals surface area contributed by atoms with Crippen molar-refractivity contribution in [2.45, 2.75) is 6.92 Å². The van der Waals surface area contributed by atoms with Gasteiger partial charge in [0.1, 0.15) is 0 Å². The van der Waals surface area contributed by atoms with Crippen LogP contribution in [0.5, 0.6) is 0 Å². The maximum absolute atomic E-state index is 12.2. The Morgan fingerprint density at radius 3 is 2.95 bits per heavy atom. The highest BCUT2D eigenvalue weighted by Crippen LogP contribution is 2.23. The van der Waals surface area contributed by atoms with Crippen LogP contribution in [0.25, 0.3) is 10.9 Å². The Kier molecular flexibility index (Phi) is 4.57. The van der Waals surface area contributed by atoms with E-state index in [1.807, 2.05) is 6.92 Å². The van der Waals surface area contributed by atoms with Gasteiger partial charge in [-0.15, -0.1) is 0 Å². The first-order valence-electron chi connectivity index (χ1n) is 6.23. The van der Waals surface area contributed by atoms with E-state index in [1.165, 1.54) is 6.07 Å². The summed E-state index contributed by atoms with van der Waals surface area (Å²) in [6.45, 7) is 2.19. The molecule has 0 spiro atoms. The van der Waals surface area contributed by atoms with Crippen LogP contribution in [0.3, 0.4) is 0 Å². The highest BCUT2D eigenvalue weighted by molar-refractivity contribution is 9.10. The molecule has 5 nitrogen and oxygen atoms in total. The molecule has 1 atom stereocenters. The highest BCUT2D eigenvalue weighted by Gasteiger charge is 2.13. The van der Waals surface area contributed by atoms with Crippen molar-refractivity contribution < 1.29 is 9.90 Å². The van der Waals surface area contributed by atoms with E-state index in [2.05, 4.69) is 26.2 Å². The van der Waals surface area contributed by atoms with Gasteiger partial charge in [-0.05, 0) is 27.9 Å². The molecule has 3 N–H and O–H groups in total. The number of halogens is 1. The molecule has 0 saturated heterocycles. The van der Waals surface area contributed by atoms with Crippen LogP contribution in [0.15, 0.2) is 33.5 Å². The van der Waals surface area contributed by atoms with Gasteiger partial charge in [-0.1, -0.05) is 19.1 Å². The van der Waals surface area contributed by atoms with E-state index in [1.54, 1.807) is 18.2 Å². The summed E-state index contributed by atoms with van der Waals surface area (Å²) < 4.78 is 0.727. The second-order valence-electron chi connectivity index (χ2n) is 4.71. The number of aliphatic hydroxyl groups excluding tert-OH is 1. The van der Waals surface area contributed by atoms with Gasteiger partial charge >= 0.3 is 0 Å². The summed E-state index contributed by atoms with van der Waals surface area (Å²) in [4.78, 5) is 26.5. The molecule has 1 unspecified atom stereocenters. The molecular weight excluding hydrogens is 324 g/mol. The number of benzene rings is 1. The molecule has 0 fully saturated rings. The van der Waals surface area contributed by atoms with Crippen LogP contribution in [0.2, 0.25) is 0 Å². The molecule has 1 heterocycles. The number of carbonyl (C=O) groups is 1. The normalized spacial score (nSPS) is 12.3. The fraction of sp³-hybridized carbons (Fsp3) is 0.286. The maximum atomic E-state index is 12.2. The van der Waals surface area contributed by atoms with Crippen LogP contribution in [-0.4, -0.2) is 29.1 Å². The number of aliphatic hydroxyl groups is 1. The Bertz CT molecular complexity index is 696. The minimum atomic E-state index is -0.329. The van der Waals surface area contributed by atoms with E-state index in [-0.39, 0.29) is 24.0 Å². The van der Waals surface area contributed by atoms with E-state index in [9.17, 15) is 9.59 Å². The summed E-state index contributed by atoms with van der Waals surface area (Å²) in [5.41, 5.74) is 0.598. The molecule has 1 aromatic carbocycles. The van der Waals surface area contributed by atoms with E-state index < -0.39 is 0 Å². The van der Waals surface area contributed by atoms with Crippen molar-refractivity contribution in [1.29, 1.82) is 0 Å². The first kappa shape index (κ1) is 14.7. The van der Waals surface area contributed by atoms with Crippen molar-refractivity contribution in [1.82, 2.24) is 10.3 Å². The number of nitrogens with one attached hydrogen (secondary N) is 2. The van der Waals surface area contributed by atoms with E-state index in [4.69, 9.17) is 5.11 Å². The monoisotopic (exact) mass is 338 g/mol. The molecule has 0 saturated carbocycles. The third-order valence-electron chi connectivity index (χ3n) is 2.99. The predicted molar refractivity (Wildman–Crippen MR) is 80.9 cm³/mol. The number of aromatic nitrogens is 1. The Morgan fingerprint density at radius 2 is 2.25 bits per heavy atom. The summed E-state index contributed by atoms with van der Waals surface area (Å²) in [6, 6.07) is 6.67. The number of amides is 1. The van der Waals surface area contributed by atoms with Gasteiger partial charge in [0.2, 0.25) is 5.56 Å². The standard InChI is InChI=1S/C14H15BrN2O3/c1-8(7-18)6-16-14(20)10-5-12(19)17-13-9(10)3-2-4-11(13)15/h2-5,8,18H,6-7H2,1H3,(H,16,20)(H,17,19). The van der Waals surface area contributed by atoms with Gasteiger partial charge in [0.05, 0.1) is 11.1 Å². The lowest BCUT2D eigenvalue weighted by Crippen LogP contribution is -2.30. The van der Waals surface area contributed by atoms with Crippen molar-refractivity contribution >= 4 is 32.7 Å². The number of para-hydroxylation sites is 1. The van der Waals surface area contributed by atoms with Crippen molar-refractivity contribution in [2.75, 3.05) is 13.2 Å². The maximum Gasteiger partial charge on any atom is 0.252 e. The second-order valence-corrected chi connectivity index (χ2v) is 5.56. The van der Waals surface area contributed by atoms with Crippen LogP contribution in [0.4, 0.5) is 0 Å². The first-order chi connectivity index (χ1) is 9.52. The van der Waals surface area contributed by atoms with E-state index in [0.717, 1.165) is 4.47 Å². The smallest absolute Gasteiger partial charge is 0.252 e. The summed E-state index contributed by atoms with van der Waals surface area (Å²) in [5, 5.41) is 12.4. The van der Waals surface area contributed by atoms with E-state index >= 15 is 0 Å². The van der Waals surface area contributed by atoms with Gasteiger partial charge in [0, 0.05) is 29.1 Å². The first-order valence-corrected chi connectivity index (χ1v) is 7.03. The molecule has 0 aliphatic carbocycles. The van der Waals surface area contributed by atoms with Gasteiger partial charge in [0.15, 0.2) is 0 Å². The van der Waals surface area contributed by atoms with Crippen LogP contribution in [-0.2, 0) is 0 Å². The minimum Gasteiger partial charge on any atom is -0.396 e. The number of hydrogen-bond acceptors (Lipinski definition) is 3. The minimum absolute atomic E-state index is 0.00193. The van der Waals surface area contributed by atoms with Gasteiger partial charge in [-0.2, -0.15) is 0 Å². The Labute approximate surface area is 124 Å². The summed E-state index contributed by atoms with van der Waals surface area (Å²) >= 11 is 3.35. The molecule has 1 aromatic heterocycles. The fourth-order valence-corrected chi connectivity index (χ4v) is 2.32. The Hall–Kier alpha value is -1.66. The molecule has 0 aliphatic rings. The highest BCUT2D eigenvalue weighted by atomic mass is 79.9. The average Bonchev–Trinajstić information content (AvgIpc) is 2.44. The molecule has 6 heteroatoms. The van der Waals surface area contributed by atoms with Crippen molar-refractivity contribution in [3.8, 4) is 0 Å². The molecule has 20 heavy (non-hydrogen) atoms. The van der Waals surface area contributed by atoms with E-state index in [0.29, 0.717) is 23.0 Å². The summed E-state index contributed by atoms with van der Waals surface area (Å²) in [6.07, 6.45) is 0. The molecule has 1 amide bonds. The van der Waals surface area contributed by atoms with Gasteiger partial charge in [-0.25, -0.2) is 0 Å². The number of fused-ring (bicyclic) bond motifs is 1. The zero-order chi connectivity index (χ0) is 14.7. The Balaban J connectivity index is 2.41. The molecule has 106 valence electrons. The van der Waals surface area contributed by atoms with Crippen molar-refractivity contribution in [3.05, 3.63) is 44.7 Å². The third-order valence-corrected chi connectivity index (χ3v) is 3.66. The number of pyridine rings is 1. The molecule has 0 aliphatic heterocycles. The quantitative estimate of drug-likeness (QED) is 0.792. The van der Waals surface area contributed by atoms with Crippen LogP contribution in [0.1, 0.15) is 17.3 Å². The molecule has 2 rings (SSSR count). The van der Waals surface area contributed by atoms with Crippen molar-refractivity contribution in [3.63, 3.8) is 0 Å². The molecule has 0 radical (unpaired) electrons. The molecule has 0 bridgehead atoms. The number of H-pyrrole nitrogens is 1. The summed E-state index contributed by atoms with van der Waals surface area (Å²) in [7, 11) is 0. The fourth-order valence-electron chi connectivity index (χ4n) is 1.86. The van der Waals surface area contributed by atoms with Gasteiger partial charge in [0.25, 0.3) is 5.91 Å². The Morgan fingerprint density at radius 1 is 1.50 bits per heavy atom. The van der Waals surface area contributed by atoms with Crippen LogP contribution in [0, 0.1) is 5.92 Å². The van der Waals surface area contributed by atoms with Crippen molar-refractivity contribution in [2.24, 2.45) is 5.92 Å². The SMILES string of the molecule is CC(CO)CNC(=O)c1cc(=O)[nH]c2c(Br)cccc12. The summed E-state index contributed by atoms with van der Waals surface area (Å²) in [5.74, 6) is -0.349. The lowest BCUT2D eigenvalue weighted by Gasteiger charge is -2.11. The molecular formula is C14H15BrN2O3. The van der Waals surface area contributed by atoms with Crippen LogP contribution < -0.4 is 10.9 Å². The topological polar surface area (TPSA) is 82.2 Å².